The van der Waals surface area contributed by atoms with Crippen LogP contribution in [0.5, 0.6) is 0 Å². The predicted octanol–water partition coefficient (Wildman–Crippen LogP) is 3.37. The van der Waals surface area contributed by atoms with Crippen LogP contribution in [0.15, 0.2) is 30.3 Å². The van der Waals surface area contributed by atoms with Crippen molar-refractivity contribution in [1.82, 2.24) is 9.96 Å². The van der Waals surface area contributed by atoms with Crippen LogP contribution in [0.4, 0.5) is 0 Å². The molecule has 0 spiro atoms. The molecule has 1 aromatic carbocycles. The summed E-state index contributed by atoms with van der Waals surface area (Å²) in [4.78, 5) is 7.42. The van der Waals surface area contributed by atoms with E-state index in [1.54, 1.807) is 0 Å². The van der Waals surface area contributed by atoms with E-state index < -0.39 is 16.5 Å². The molecular formula is C13H25N2Si2-. The molecule has 0 radical (unpaired) electrons. The second-order valence-corrected chi connectivity index (χ2v) is 16.0. The van der Waals surface area contributed by atoms with Crippen LogP contribution >= 0.6 is 0 Å². The minimum absolute atomic E-state index is 1.21. The van der Waals surface area contributed by atoms with Crippen molar-refractivity contribution < 1.29 is 0 Å². The van der Waals surface area contributed by atoms with Gasteiger partial charge < -0.3 is 9.96 Å². The molecule has 0 fully saturated rings. The lowest BCUT2D eigenvalue weighted by atomic mass is 10.2. The molecule has 96 valence electrons. The van der Waals surface area contributed by atoms with E-state index >= 15 is 0 Å². The fraction of sp³-hybridized carbons (Fsp3) is 0.462. The second kappa shape index (κ2) is 5.39. The zero-order chi connectivity index (χ0) is 13.1. The zero-order valence-electron chi connectivity index (χ0n) is 11.9. The second-order valence-electron chi connectivity index (χ2n) is 6.49. The van der Waals surface area contributed by atoms with E-state index in [0.29, 0.717) is 0 Å². The van der Waals surface area contributed by atoms with Crippen LogP contribution in [0.3, 0.4) is 0 Å². The van der Waals surface area contributed by atoms with E-state index in [0.717, 1.165) is 0 Å². The molecule has 0 bridgehead atoms. The lowest BCUT2D eigenvalue weighted by Crippen LogP contribution is -2.55. The van der Waals surface area contributed by atoms with Crippen molar-refractivity contribution in [1.29, 1.82) is 0 Å². The van der Waals surface area contributed by atoms with Crippen LogP contribution < -0.4 is 9.96 Å². The summed E-state index contributed by atoms with van der Waals surface area (Å²) in [7, 11) is -2.66. The van der Waals surface area contributed by atoms with Gasteiger partial charge in [-0.3, -0.25) is 0 Å². The van der Waals surface area contributed by atoms with E-state index in [1.165, 1.54) is 11.7 Å². The van der Waals surface area contributed by atoms with Crippen molar-refractivity contribution >= 4 is 16.5 Å². The Hall–Kier alpha value is -0.556. The SMILES string of the molecule is C[Si](C)(C)N[C-](N[Si](C)(C)C)c1ccccc1. The molecule has 0 aromatic heterocycles. The van der Waals surface area contributed by atoms with Crippen molar-refractivity contribution in [3.8, 4) is 0 Å². The highest BCUT2D eigenvalue weighted by atomic mass is 28.3. The predicted molar refractivity (Wildman–Crippen MR) is 81.8 cm³/mol. The monoisotopic (exact) mass is 265 g/mol. The maximum atomic E-state index is 3.71. The highest BCUT2D eigenvalue weighted by Gasteiger charge is 2.20. The van der Waals surface area contributed by atoms with Gasteiger partial charge in [0, 0.05) is 0 Å². The third kappa shape index (κ3) is 6.07. The molecule has 0 amide bonds. The molecule has 1 aromatic rings. The van der Waals surface area contributed by atoms with Crippen LogP contribution in [0, 0.1) is 6.17 Å². The van der Waals surface area contributed by atoms with Crippen LogP contribution in [-0.2, 0) is 0 Å². The normalized spacial score (nSPS) is 12.6. The smallest absolute Gasteiger partial charge is 0.110 e. The molecule has 0 saturated heterocycles. The first-order valence-corrected chi connectivity index (χ1v) is 13.2. The quantitative estimate of drug-likeness (QED) is 0.630. The fourth-order valence-corrected chi connectivity index (χ4v) is 3.57. The number of hydrogen-bond acceptors (Lipinski definition) is 2. The number of nitrogens with one attached hydrogen (secondary N) is 2. The van der Waals surface area contributed by atoms with Gasteiger partial charge in [-0.05, 0) is 0 Å². The molecule has 2 nitrogen and oxygen atoms in total. The van der Waals surface area contributed by atoms with Gasteiger partial charge in [0.05, 0.1) is 0 Å². The van der Waals surface area contributed by atoms with Crippen molar-refractivity contribution in [2.24, 2.45) is 0 Å². The molecule has 0 aliphatic rings. The Balaban J connectivity index is 2.87. The summed E-state index contributed by atoms with van der Waals surface area (Å²) in [6, 6.07) is 10.6. The molecule has 1 rings (SSSR count). The molecule has 0 unspecified atom stereocenters. The van der Waals surface area contributed by atoms with E-state index in [-0.39, 0.29) is 0 Å². The van der Waals surface area contributed by atoms with Gasteiger partial charge in [0.15, 0.2) is 0 Å². The zero-order valence-corrected chi connectivity index (χ0v) is 13.9. The van der Waals surface area contributed by atoms with E-state index in [2.05, 4.69) is 79.6 Å². The van der Waals surface area contributed by atoms with Gasteiger partial charge in [-0.1, -0.05) is 51.5 Å². The molecule has 4 heteroatoms. The fourth-order valence-electron chi connectivity index (χ4n) is 1.53. The first-order chi connectivity index (χ1) is 7.67. The van der Waals surface area contributed by atoms with Gasteiger partial charge in [-0.2, -0.15) is 17.7 Å². The average molecular weight is 266 g/mol. The average Bonchev–Trinajstić information content (AvgIpc) is 2.14. The van der Waals surface area contributed by atoms with Gasteiger partial charge >= 0.3 is 0 Å². The Kier molecular flexibility index (Phi) is 4.60. The lowest BCUT2D eigenvalue weighted by molar-refractivity contribution is 0.834. The largest absolute Gasteiger partial charge is 0.355 e. The molecule has 0 aliphatic heterocycles. The molecule has 0 heterocycles. The summed E-state index contributed by atoms with van der Waals surface area (Å²) < 4.78 is 0. The first-order valence-electron chi connectivity index (χ1n) is 6.16. The summed E-state index contributed by atoms with van der Waals surface area (Å²) in [5, 5.41) is 0. The number of rotatable bonds is 5. The highest BCUT2D eigenvalue weighted by molar-refractivity contribution is 6.75. The van der Waals surface area contributed by atoms with Crippen LogP contribution in [0.25, 0.3) is 0 Å². The summed E-state index contributed by atoms with van der Waals surface area (Å²) in [5.41, 5.74) is 1.26. The summed E-state index contributed by atoms with van der Waals surface area (Å²) >= 11 is 0. The van der Waals surface area contributed by atoms with Crippen molar-refractivity contribution in [2.45, 2.75) is 39.3 Å². The Morgan fingerprint density at radius 2 is 1.18 bits per heavy atom. The molecule has 17 heavy (non-hydrogen) atoms. The highest BCUT2D eigenvalue weighted by Crippen LogP contribution is 2.14. The van der Waals surface area contributed by atoms with Crippen LogP contribution in [-0.4, -0.2) is 16.5 Å². The minimum Gasteiger partial charge on any atom is -0.355 e. The Morgan fingerprint density at radius 3 is 1.53 bits per heavy atom. The number of benzene rings is 1. The van der Waals surface area contributed by atoms with Gasteiger partial charge in [0.25, 0.3) is 0 Å². The van der Waals surface area contributed by atoms with Gasteiger partial charge in [-0.15, -0.1) is 12.1 Å². The summed E-state index contributed by atoms with van der Waals surface area (Å²) in [6.07, 6.45) is 1.21. The molecule has 0 saturated carbocycles. The molecule has 2 N–H and O–H groups in total. The van der Waals surface area contributed by atoms with E-state index in [4.69, 9.17) is 0 Å². The first kappa shape index (κ1) is 14.5. The maximum Gasteiger partial charge on any atom is 0.110 e. The van der Waals surface area contributed by atoms with E-state index in [9.17, 15) is 0 Å². The third-order valence-corrected chi connectivity index (χ3v) is 4.06. The van der Waals surface area contributed by atoms with Crippen LogP contribution in [0.2, 0.25) is 39.3 Å². The number of hydrogen-bond donors (Lipinski definition) is 2. The van der Waals surface area contributed by atoms with Crippen molar-refractivity contribution in [2.75, 3.05) is 0 Å². The van der Waals surface area contributed by atoms with Gasteiger partial charge in [0.1, 0.15) is 16.5 Å². The summed E-state index contributed by atoms with van der Waals surface area (Å²) in [6.45, 7) is 13.9. The summed E-state index contributed by atoms with van der Waals surface area (Å²) in [5.74, 6) is 0. The standard InChI is InChI=1S/C13H25N2Si2/c1-16(2,3)14-13(15-17(4,5)6)12-10-8-7-9-11-12/h7-11,14-15H,1-6H3/q-1. The van der Waals surface area contributed by atoms with Gasteiger partial charge in [-0.25, -0.2) is 0 Å². The Labute approximate surface area is 108 Å². The van der Waals surface area contributed by atoms with Crippen molar-refractivity contribution in [3.63, 3.8) is 0 Å². The molecule has 0 atom stereocenters. The maximum absolute atomic E-state index is 3.71. The third-order valence-electron chi connectivity index (χ3n) is 2.06. The van der Waals surface area contributed by atoms with Crippen molar-refractivity contribution in [3.05, 3.63) is 42.1 Å². The Morgan fingerprint density at radius 1 is 0.765 bits per heavy atom. The van der Waals surface area contributed by atoms with Crippen LogP contribution in [0.1, 0.15) is 5.56 Å². The molecular weight excluding hydrogens is 240 g/mol. The van der Waals surface area contributed by atoms with Gasteiger partial charge in [0.2, 0.25) is 0 Å². The minimum atomic E-state index is -1.33. The molecule has 0 aliphatic carbocycles. The lowest BCUT2D eigenvalue weighted by Gasteiger charge is -2.39. The Bertz CT molecular complexity index is 323. The van der Waals surface area contributed by atoms with E-state index in [1.807, 2.05) is 0 Å². The topological polar surface area (TPSA) is 24.1 Å².